The van der Waals surface area contributed by atoms with Gasteiger partial charge in [-0.3, -0.25) is 0 Å². The van der Waals surface area contributed by atoms with E-state index in [1.807, 2.05) is 11.6 Å². The van der Waals surface area contributed by atoms with Gasteiger partial charge in [0.15, 0.2) is 5.13 Å². The molecule has 2 aliphatic rings. The first kappa shape index (κ1) is 17.0. The average Bonchev–Trinajstić information content (AvgIpc) is 3.30. The molecule has 2 saturated heterocycles. The summed E-state index contributed by atoms with van der Waals surface area (Å²) in [6.07, 6.45) is 6.62. The van der Waals surface area contributed by atoms with Crippen molar-refractivity contribution in [3.8, 4) is 0 Å². The summed E-state index contributed by atoms with van der Waals surface area (Å²) in [5.74, 6) is 0.595. The van der Waals surface area contributed by atoms with E-state index in [-0.39, 0.29) is 5.60 Å². The molecule has 3 heterocycles. The van der Waals surface area contributed by atoms with E-state index >= 15 is 0 Å². The van der Waals surface area contributed by atoms with Crippen molar-refractivity contribution in [2.75, 3.05) is 38.1 Å². The van der Waals surface area contributed by atoms with Gasteiger partial charge in [0.05, 0.1) is 12.2 Å². The average molecular weight is 358 g/mol. The maximum Gasteiger partial charge on any atom is 0.182 e. The Balaban J connectivity index is 1.27. The van der Waals surface area contributed by atoms with Crippen LogP contribution in [0.4, 0.5) is 5.13 Å². The highest BCUT2D eigenvalue weighted by Crippen LogP contribution is 2.37. The lowest BCUT2D eigenvalue weighted by atomic mass is 9.86. The molecule has 1 aromatic carbocycles. The Hall–Kier alpha value is -1.43. The van der Waals surface area contributed by atoms with E-state index in [0.717, 1.165) is 37.8 Å². The topological polar surface area (TPSA) is 37.4 Å². The fourth-order valence-electron chi connectivity index (χ4n) is 4.21. The first-order valence-corrected chi connectivity index (χ1v) is 10.2. The Kier molecular flexibility index (Phi) is 5.34. The lowest BCUT2D eigenvalue weighted by Gasteiger charge is -2.40. The van der Waals surface area contributed by atoms with Crippen LogP contribution in [0.2, 0.25) is 0 Å². The van der Waals surface area contributed by atoms with Crippen LogP contribution in [0.1, 0.15) is 24.8 Å². The Morgan fingerprint density at radius 1 is 1.32 bits per heavy atom. The number of thiazole rings is 1. The second kappa shape index (κ2) is 7.85. The molecule has 0 aliphatic carbocycles. The summed E-state index contributed by atoms with van der Waals surface area (Å²) < 4.78 is 6.35. The number of rotatable bonds is 6. The van der Waals surface area contributed by atoms with E-state index in [1.165, 1.54) is 31.4 Å². The number of benzene rings is 1. The van der Waals surface area contributed by atoms with Crippen LogP contribution in [-0.2, 0) is 11.2 Å². The van der Waals surface area contributed by atoms with E-state index in [9.17, 15) is 0 Å². The predicted octanol–water partition coefficient (Wildman–Crippen LogP) is 3.67. The first-order valence-electron chi connectivity index (χ1n) is 9.35. The van der Waals surface area contributed by atoms with Gasteiger partial charge in [0.1, 0.15) is 0 Å². The number of nitrogens with one attached hydrogen (secondary N) is 1. The van der Waals surface area contributed by atoms with Gasteiger partial charge in [-0.2, -0.15) is 0 Å². The Labute approximate surface area is 154 Å². The van der Waals surface area contributed by atoms with E-state index < -0.39 is 0 Å². The minimum absolute atomic E-state index is 0.0875. The third-order valence-electron chi connectivity index (χ3n) is 5.44. The summed E-state index contributed by atoms with van der Waals surface area (Å²) in [7, 11) is 0. The minimum Gasteiger partial charge on any atom is -0.373 e. The Morgan fingerprint density at radius 3 is 3.08 bits per heavy atom. The maximum absolute atomic E-state index is 6.35. The molecule has 2 atom stereocenters. The van der Waals surface area contributed by atoms with Gasteiger partial charge in [-0.15, -0.1) is 11.3 Å². The van der Waals surface area contributed by atoms with Gasteiger partial charge in [-0.25, -0.2) is 4.98 Å². The monoisotopic (exact) mass is 357 g/mol. The number of aromatic nitrogens is 1. The van der Waals surface area contributed by atoms with Gasteiger partial charge in [0.25, 0.3) is 0 Å². The zero-order valence-electron chi connectivity index (χ0n) is 14.7. The van der Waals surface area contributed by atoms with Crippen molar-refractivity contribution in [1.29, 1.82) is 0 Å². The smallest absolute Gasteiger partial charge is 0.182 e. The Morgan fingerprint density at radius 2 is 2.24 bits per heavy atom. The van der Waals surface area contributed by atoms with Crippen LogP contribution in [-0.4, -0.2) is 48.3 Å². The van der Waals surface area contributed by atoms with Crippen molar-refractivity contribution in [3.63, 3.8) is 0 Å². The largest absolute Gasteiger partial charge is 0.373 e. The molecule has 2 aliphatic heterocycles. The maximum atomic E-state index is 6.35. The fourth-order valence-corrected chi connectivity index (χ4v) is 4.75. The van der Waals surface area contributed by atoms with Crippen LogP contribution in [0, 0.1) is 5.92 Å². The van der Waals surface area contributed by atoms with Crippen LogP contribution < -0.4 is 5.32 Å². The molecule has 1 N–H and O–H groups in total. The molecular formula is C20H27N3OS. The molecule has 0 amide bonds. The molecule has 1 aromatic heterocycles. The summed E-state index contributed by atoms with van der Waals surface area (Å²) in [4.78, 5) is 6.91. The SMILES string of the molecule is c1ccc(CCN2CCCC3(CC(CNc4nccs4)CO3)C2)cc1. The second-order valence-electron chi connectivity index (χ2n) is 7.40. The second-order valence-corrected chi connectivity index (χ2v) is 8.29. The van der Waals surface area contributed by atoms with Crippen molar-refractivity contribution in [3.05, 3.63) is 47.5 Å². The van der Waals surface area contributed by atoms with Crippen LogP contribution in [0.3, 0.4) is 0 Å². The number of hydrogen-bond donors (Lipinski definition) is 1. The molecule has 1 spiro atoms. The zero-order valence-corrected chi connectivity index (χ0v) is 15.5. The van der Waals surface area contributed by atoms with E-state index in [1.54, 1.807) is 11.3 Å². The highest BCUT2D eigenvalue weighted by atomic mass is 32.1. The van der Waals surface area contributed by atoms with Crippen LogP contribution in [0.25, 0.3) is 0 Å². The molecule has 4 rings (SSSR count). The summed E-state index contributed by atoms with van der Waals surface area (Å²) in [6, 6.07) is 10.8. The van der Waals surface area contributed by atoms with E-state index in [2.05, 4.69) is 45.5 Å². The molecule has 0 radical (unpaired) electrons. The van der Waals surface area contributed by atoms with Crippen molar-refractivity contribution in [2.24, 2.45) is 5.92 Å². The highest BCUT2D eigenvalue weighted by molar-refractivity contribution is 7.13. The number of nitrogens with zero attached hydrogens (tertiary/aromatic N) is 2. The molecule has 4 nitrogen and oxygen atoms in total. The van der Waals surface area contributed by atoms with E-state index in [0.29, 0.717) is 5.92 Å². The molecule has 0 bridgehead atoms. The standard InChI is InChI=1S/C20H27N3OS/c1-2-5-17(6-3-1)7-11-23-10-4-8-20(16-23)13-18(15-24-20)14-22-19-21-9-12-25-19/h1-3,5-6,9,12,18H,4,7-8,10-11,13-16H2,(H,21,22). The molecule has 2 unspecified atom stereocenters. The molecule has 2 aromatic rings. The predicted molar refractivity (Wildman–Crippen MR) is 103 cm³/mol. The van der Waals surface area contributed by atoms with Gasteiger partial charge in [-0.1, -0.05) is 30.3 Å². The Bertz CT molecular complexity index is 648. The summed E-state index contributed by atoms with van der Waals surface area (Å²) in [6.45, 7) is 5.29. The summed E-state index contributed by atoms with van der Waals surface area (Å²) >= 11 is 1.67. The van der Waals surface area contributed by atoms with Gasteiger partial charge < -0.3 is 15.0 Å². The van der Waals surface area contributed by atoms with Gasteiger partial charge in [-0.05, 0) is 37.8 Å². The highest BCUT2D eigenvalue weighted by Gasteiger charge is 2.43. The quantitative estimate of drug-likeness (QED) is 0.856. The molecule has 134 valence electrons. The third kappa shape index (κ3) is 4.40. The number of ether oxygens (including phenoxy) is 1. The van der Waals surface area contributed by atoms with Crippen molar-refractivity contribution in [1.82, 2.24) is 9.88 Å². The van der Waals surface area contributed by atoms with E-state index in [4.69, 9.17) is 4.74 Å². The van der Waals surface area contributed by atoms with Crippen LogP contribution in [0.15, 0.2) is 41.9 Å². The first-order chi connectivity index (χ1) is 12.3. The van der Waals surface area contributed by atoms with Gasteiger partial charge >= 0.3 is 0 Å². The molecule has 2 fully saturated rings. The van der Waals surface area contributed by atoms with Crippen LogP contribution in [0.5, 0.6) is 0 Å². The number of likely N-dealkylation sites (tertiary alicyclic amines) is 1. The summed E-state index contributed by atoms with van der Waals surface area (Å²) in [5, 5.41) is 6.50. The molecule has 25 heavy (non-hydrogen) atoms. The van der Waals surface area contributed by atoms with Crippen molar-refractivity contribution in [2.45, 2.75) is 31.3 Å². The number of anilines is 1. The van der Waals surface area contributed by atoms with Crippen molar-refractivity contribution < 1.29 is 4.74 Å². The molecule has 5 heteroatoms. The van der Waals surface area contributed by atoms with Crippen molar-refractivity contribution >= 4 is 16.5 Å². The number of hydrogen-bond acceptors (Lipinski definition) is 5. The third-order valence-corrected chi connectivity index (χ3v) is 6.17. The minimum atomic E-state index is 0.0875. The van der Waals surface area contributed by atoms with Gasteiger partial charge in [0, 0.05) is 37.1 Å². The zero-order chi connectivity index (χ0) is 17.0. The molecular weight excluding hydrogens is 330 g/mol. The lowest BCUT2D eigenvalue weighted by Crippen LogP contribution is -2.48. The summed E-state index contributed by atoms with van der Waals surface area (Å²) in [5.41, 5.74) is 1.52. The number of piperidine rings is 1. The van der Waals surface area contributed by atoms with Gasteiger partial charge in [0.2, 0.25) is 0 Å². The molecule has 0 saturated carbocycles. The van der Waals surface area contributed by atoms with Crippen LogP contribution >= 0.6 is 11.3 Å². The fraction of sp³-hybridized carbons (Fsp3) is 0.550. The lowest BCUT2D eigenvalue weighted by molar-refractivity contribution is -0.0511. The normalized spacial score (nSPS) is 27.0.